The Bertz CT molecular complexity index is 488. The topological polar surface area (TPSA) is 52.0 Å². The van der Waals surface area contributed by atoms with Gasteiger partial charge in [0.15, 0.2) is 0 Å². The van der Waals surface area contributed by atoms with Gasteiger partial charge in [0.05, 0.1) is 11.3 Å². The Balaban J connectivity index is 2.54. The Morgan fingerprint density at radius 1 is 1.25 bits per heavy atom. The van der Waals surface area contributed by atoms with E-state index in [0.717, 1.165) is 16.8 Å². The second kappa shape index (κ2) is 4.18. The van der Waals surface area contributed by atoms with Gasteiger partial charge in [-0.3, -0.25) is 0 Å². The number of nitrogens with two attached hydrogens (primary N) is 1. The van der Waals surface area contributed by atoms with Crippen LogP contribution in [0.5, 0.6) is 0 Å². The largest absolute Gasteiger partial charge is 0.367 e. The third-order valence-corrected chi connectivity index (χ3v) is 2.68. The second-order valence-electron chi connectivity index (χ2n) is 3.97. The van der Waals surface area contributed by atoms with Gasteiger partial charge in [-0.25, -0.2) is 0 Å². The van der Waals surface area contributed by atoms with E-state index in [1.54, 1.807) is 0 Å². The van der Waals surface area contributed by atoms with Gasteiger partial charge in [0.1, 0.15) is 0 Å². The van der Waals surface area contributed by atoms with Crippen LogP contribution in [0.1, 0.15) is 25.5 Å². The maximum atomic E-state index is 5.84. The lowest BCUT2D eigenvalue weighted by Gasteiger charge is -2.04. The number of nitrogens with zero attached hydrogens (tertiary/aromatic N) is 1. The molecule has 1 aromatic heterocycles. The van der Waals surface area contributed by atoms with E-state index >= 15 is 0 Å². The summed E-state index contributed by atoms with van der Waals surface area (Å²) in [6.07, 6.45) is 0. The third kappa shape index (κ3) is 1.91. The number of hydrogen-bond donors (Lipinski definition) is 1. The molecular weight excluding hydrogens is 224 g/mol. The van der Waals surface area contributed by atoms with Crippen molar-refractivity contribution in [1.82, 2.24) is 5.16 Å². The van der Waals surface area contributed by atoms with Gasteiger partial charge in [-0.05, 0) is 23.6 Å². The number of benzene rings is 1. The molecular formula is C12H13ClN2O. The molecule has 0 radical (unpaired) electrons. The smallest absolute Gasteiger partial charge is 0.230 e. The summed E-state index contributed by atoms with van der Waals surface area (Å²) in [5.74, 6) is 0.623. The highest BCUT2D eigenvalue weighted by Gasteiger charge is 2.17. The zero-order valence-electron chi connectivity index (χ0n) is 9.20. The average Bonchev–Trinajstić information content (AvgIpc) is 2.62. The number of hydrogen-bond acceptors (Lipinski definition) is 3. The number of halogens is 1. The van der Waals surface area contributed by atoms with Crippen molar-refractivity contribution >= 4 is 17.5 Å². The lowest BCUT2D eigenvalue weighted by Crippen LogP contribution is -1.92. The van der Waals surface area contributed by atoms with Crippen LogP contribution in [0.25, 0.3) is 11.1 Å². The third-order valence-electron chi connectivity index (χ3n) is 2.42. The van der Waals surface area contributed by atoms with Crippen LogP contribution in [0.4, 0.5) is 5.88 Å². The predicted molar refractivity (Wildman–Crippen MR) is 65.5 cm³/mol. The molecule has 0 fully saturated rings. The van der Waals surface area contributed by atoms with Gasteiger partial charge in [-0.15, -0.1) is 0 Å². The summed E-state index contributed by atoms with van der Waals surface area (Å²) in [6, 6.07) is 7.48. The minimum absolute atomic E-state index is 0.270. The molecule has 4 heteroatoms. The molecule has 2 N–H and O–H groups in total. The second-order valence-corrected chi connectivity index (χ2v) is 4.41. The van der Waals surface area contributed by atoms with Crippen molar-refractivity contribution < 1.29 is 4.52 Å². The first-order valence-corrected chi connectivity index (χ1v) is 5.48. The minimum Gasteiger partial charge on any atom is -0.367 e. The van der Waals surface area contributed by atoms with Gasteiger partial charge < -0.3 is 10.3 Å². The molecule has 1 heterocycles. The van der Waals surface area contributed by atoms with Gasteiger partial charge in [0.25, 0.3) is 0 Å². The average molecular weight is 237 g/mol. The molecule has 0 atom stereocenters. The normalized spacial score (nSPS) is 11.0. The number of anilines is 1. The summed E-state index contributed by atoms with van der Waals surface area (Å²) in [4.78, 5) is 0. The fraction of sp³-hybridized carbons (Fsp3) is 0.250. The van der Waals surface area contributed by atoms with E-state index in [9.17, 15) is 0 Å². The Morgan fingerprint density at radius 2 is 1.88 bits per heavy atom. The Morgan fingerprint density at radius 3 is 2.44 bits per heavy atom. The standard InChI is InChI=1S/C12H13ClN2O/c1-7(2)11-10(12(14)16-15-11)8-3-5-9(13)6-4-8/h3-7H,14H2,1-2H3. The Labute approximate surface area is 99.2 Å². The summed E-state index contributed by atoms with van der Waals surface area (Å²) in [5.41, 5.74) is 8.51. The van der Waals surface area contributed by atoms with E-state index in [2.05, 4.69) is 19.0 Å². The van der Waals surface area contributed by atoms with Gasteiger partial charge >= 0.3 is 0 Å². The zero-order chi connectivity index (χ0) is 11.7. The summed E-state index contributed by atoms with van der Waals surface area (Å²) in [7, 11) is 0. The first kappa shape index (κ1) is 11.0. The van der Waals surface area contributed by atoms with E-state index in [1.165, 1.54) is 0 Å². The minimum atomic E-state index is 0.270. The van der Waals surface area contributed by atoms with Crippen molar-refractivity contribution in [2.75, 3.05) is 5.73 Å². The molecule has 0 aliphatic carbocycles. The van der Waals surface area contributed by atoms with E-state index in [-0.39, 0.29) is 5.92 Å². The van der Waals surface area contributed by atoms with Crippen LogP contribution in [-0.4, -0.2) is 5.16 Å². The van der Waals surface area contributed by atoms with Crippen LogP contribution in [0.15, 0.2) is 28.8 Å². The first-order valence-electron chi connectivity index (χ1n) is 5.10. The van der Waals surface area contributed by atoms with Crippen LogP contribution in [0, 0.1) is 0 Å². The monoisotopic (exact) mass is 236 g/mol. The number of rotatable bonds is 2. The van der Waals surface area contributed by atoms with Crippen LogP contribution in [0.3, 0.4) is 0 Å². The Hall–Kier alpha value is -1.48. The molecule has 0 saturated heterocycles. The molecule has 1 aromatic carbocycles. The fourth-order valence-electron chi connectivity index (χ4n) is 1.62. The van der Waals surface area contributed by atoms with Crippen molar-refractivity contribution in [3.05, 3.63) is 35.0 Å². The molecule has 0 aliphatic rings. The summed E-state index contributed by atoms with van der Waals surface area (Å²) in [5, 5.41) is 4.68. The van der Waals surface area contributed by atoms with E-state index in [1.807, 2.05) is 24.3 Å². The van der Waals surface area contributed by atoms with Gasteiger partial charge in [-0.1, -0.05) is 42.7 Å². The van der Waals surface area contributed by atoms with E-state index in [4.69, 9.17) is 21.9 Å². The zero-order valence-corrected chi connectivity index (χ0v) is 9.95. The van der Waals surface area contributed by atoms with Crippen molar-refractivity contribution in [1.29, 1.82) is 0 Å². The van der Waals surface area contributed by atoms with Crippen LogP contribution in [0.2, 0.25) is 5.02 Å². The molecule has 0 bridgehead atoms. The highest BCUT2D eigenvalue weighted by Crippen LogP contribution is 2.34. The highest BCUT2D eigenvalue weighted by atomic mass is 35.5. The van der Waals surface area contributed by atoms with Crippen LogP contribution < -0.4 is 5.73 Å². The van der Waals surface area contributed by atoms with Crippen molar-refractivity contribution in [3.63, 3.8) is 0 Å². The first-order chi connectivity index (χ1) is 7.59. The molecule has 0 saturated carbocycles. The maximum absolute atomic E-state index is 5.84. The molecule has 0 unspecified atom stereocenters. The molecule has 0 amide bonds. The lowest BCUT2D eigenvalue weighted by molar-refractivity contribution is 0.424. The van der Waals surface area contributed by atoms with Crippen LogP contribution in [-0.2, 0) is 0 Å². The van der Waals surface area contributed by atoms with Crippen molar-refractivity contribution in [2.45, 2.75) is 19.8 Å². The molecule has 16 heavy (non-hydrogen) atoms. The molecule has 2 rings (SSSR count). The molecule has 84 valence electrons. The molecule has 0 spiro atoms. The maximum Gasteiger partial charge on any atom is 0.230 e. The van der Waals surface area contributed by atoms with Crippen LogP contribution >= 0.6 is 11.6 Å². The highest BCUT2D eigenvalue weighted by molar-refractivity contribution is 6.30. The quantitative estimate of drug-likeness (QED) is 0.865. The summed E-state index contributed by atoms with van der Waals surface area (Å²) in [6.45, 7) is 4.10. The van der Waals surface area contributed by atoms with E-state index in [0.29, 0.717) is 10.9 Å². The van der Waals surface area contributed by atoms with E-state index < -0.39 is 0 Å². The summed E-state index contributed by atoms with van der Waals surface area (Å²) < 4.78 is 5.04. The van der Waals surface area contributed by atoms with Crippen molar-refractivity contribution in [2.24, 2.45) is 0 Å². The number of nitrogen functional groups attached to an aromatic ring is 1. The predicted octanol–water partition coefficient (Wildman–Crippen LogP) is 3.70. The van der Waals surface area contributed by atoms with Crippen molar-refractivity contribution in [3.8, 4) is 11.1 Å². The molecule has 0 aliphatic heterocycles. The fourth-order valence-corrected chi connectivity index (χ4v) is 1.74. The lowest BCUT2D eigenvalue weighted by atomic mass is 9.99. The molecule has 2 aromatic rings. The number of aromatic nitrogens is 1. The van der Waals surface area contributed by atoms with Gasteiger partial charge in [-0.2, -0.15) is 0 Å². The van der Waals surface area contributed by atoms with Gasteiger partial charge in [0, 0.05) is 5.02 Å². The molecule has 3 nitrogen and oxygen atoms in total. The summed E-state index contributed by atoms with van der Waals surface area (Å²) >= 11 is 5.84. The SMILES string of the molecule is CC(C)c1noc(N)c1-c1ccc(Cl)cc1. The van der Waals surface area contributed by atoms with Gasteiger partial charge in [0.2, 0.25) is 5.88 Å². The Kier molecular flexibility index (Phi) is 2.88.